The van der Waals surface area contributed by atoms with Gasteiger partial charge in [-0.2, -0.15) is 0 Å². The highest BCUT2D eigenvalue weighted by molar-refractivity contribution is 7.83. The number of rotatable bonds is 6. The van der Waals surface area contributed by atoms with E-state index in [-0.39, 0.29) is 12.5 Å². The molecule has 2 aromatic heterocycles. The molecular formula is C17H16N2O3S2. The fraction of sp³-hybridized carbons (Fsp3) is 0.176. The Bertz CT molecular complexity index is 856. The van der Waals surface area contributed by atoms with Gasteiger partial charge in [0.1, 0.15) is 6.26 Å². The smallest absolute Gasteiger partial charge is 0.251 e. The summed E-state index contributed by atoms with van der Waals surface area (Å²) in [4.78, 5) is 17.6. The van der Waals surface area contributed by atoms with Crippen molar-refractivity contribution in [2.45, 2.75) is 12.3 Å². The Hall–Kier alpha value is -2.25. The van der Waals surface area contributed by atoms with Crippen molar-refractivity contribution < 1.29 is 13.4 Å². The number of thiophene rings is 1. The van der Waals surface area contributed by atoms with Gasteiger partial charge >= 0.3 is 0 Å². The Morgan fingerprint density at radius 3 is 2.96 bits per heavy atom. The van der Waals surface area contributed by atoms with Crippen molar-refractivity contribution in [3.63, 3.8) is 0 Å². The second-order valence-electron chi connectivity index (χ2n) is 5.22. The van der Waals surface area contributed by atoms with E-state index in [4.69, 9.17) is 4.42 Å². The summed E-state index contributed by atoms with van der Waals surface area (Å²) in [7, 11) is -0.937. The molecule has 2 heterocycles. The molecule has 0 aliphatic rings. The van der Waals surface area contributed by atoms with Gasteiger partial charge < -0.3 is 9.73 Å². The summed E-state index contributed by atoms with van der Waals surface area (Å²) in [6.07, 6.45) is 3.19. The van der Waals surface area contributed by atoms with Crippen molar-refractivity contribution >= 4 is 28.0 Å². The fourth-order valence-electron chi connectivity index (χ4n) is 2.21. The van der Waals surface area contributed by atoms with Crippen molar-refractivity contribution in [3.05, 3.63) is 64.9 Å². The zero-order chi connectivity index (χ0) is 16.9. The van der Waals surface area contributed by atoms with Gasteiger partial charge in [0.15, 0.2) is 0 Å². The monoisotopic (exact) mass is 360 g/mol. The number of oxazole rings is 1. The summed E-state index contributed by atoms with van der Waals surface area (Å²) in [5.41, 5.74) is 2.09. The van der Waals surface area contributed by atoms with Crippen LogP contribution in [0.4, 0.5) is 0 Å². The van der Waals surface area contributed by atoms with Crippen LogP contribution in [-0.4, -0.2) is 21.4 Å². The number of amides is 1. The summed E-state index contributed by atoms with van der Waals surface area (Å²) in [6.45, 7) is 0.289. The first-order valence-electron chi connectivity index (χ1n) is 7.27. The second-order valence-corrected chi connectivity index (χ2v) is 7.60. The van der Waals surface area contributed by atoms with Gasteiger partial charge in [-0.05, 0) is 29.1 Å². The van der Waals surface area contributed by atoms with Crippen molar-refractivity contribution in [1.82, 2.24) is 10.3 Å². The Morgan fingerprint density at radius 1 is 1.33 bits per heavy atom. The van der Waals surface area contributed by atoms with Crippen LogP contribution in [0.25, 0.3) is 10.8 Å². The Balaban J connectivity index is 1.62. The standard InChI is InChI=1S/C17H16N2O3S2/c1-24(21)11-12-4-2-5-13(8-12)16(20)18-9-14-10-22-17(19-14)15-6-3-7-23-15/h2-8,10H,9,11H2,1H3,(H,18,20)/t24-/m0/s1. The molecule has 3 aromatic rings. The first-order chi connectivity index (χ1) is 11.6. The van der Waals surface area contributed by atoms with E-state index in [2.05, 4.69) is 10.3 Å². The van der Waals surface area contributed by atoms with Crippen LogP contribution in [0.2, 0.25) is 0 Å². The van der Waals surface area contributed by atoms with Gasteiger partial charge in [0.25, 0.3) is 5.91 Å². The Kier molecular flexibility index (Phi) is 5.22. The van der Waals surface area contributed by atoms with Gasteiger partial charge in [-0.25, -0.2) is 4.98 Å². The molecule has 7 heteroatoms. The summed E-state index contributed by atoms with van der Waals surface area (Å²) < 4.78 is 16.7. The van der Waals surface area contributed by atoms with E-state index in [1.54, 1.807) is 42.1 Å². The first kappa shape index (κ1) is 16.6. The average molecular weight is 360 g/mol. The molecule has 1 aromatic carbocycles. The topological polar surface area (TPSA) is 72.2 Å². The van der Waals surface area contributed by atoms with Crippen LogP contribution in [0.3, 0.4) is 0 Å². The molecule has 1 atom stereocenters. The van der Waals surface area contributed by atoms with Gasteiger partial charge in [0.05, 0.1) is 17.1 Å². The molecule has 1 amide bonds. The van der Waals surface area contributed by atoms with Crippen molar-refractivity contribution in [2.75, 3.05) is 6.26 Å². The Labute approximate surface area is 146 Å². The predicted molar refractivity (Wildman–Crippen MR) is 95.2 cm³/mol. The van der Waals surface area contributed by atoms with E-state index in [1.165, 1.54) is 0 Å². The third-order valence-electron chi connectivity index (χ3n) is 3.27. The Morgan fingerprint density at radius 2 is 2.21 bits per heavy atom. The van der Waals surface area contributed by atoms with Crippen molar-refractivity contribution in [3.8, 4) is 10.8 Å². The zero-order valence-electron chi connectivity index (χ0n) is 13.0. The van der Waals surface area contributed by atoms with Crippen LogP contribution in [0, 0.1) is 0 Å². The number of nitrogens with zero attached hydrogens (tertiary/aromatic N) is 1. The van der Waals surface area contributed by atoms with E-state index in [0.29, 0.717) is 22.9 Å². The molecule has 0 saturated heterocycles. The van der Waals surface area contributed by atoms with Gasteiger partial charge in [-0.15, -0.1) is 11.3 Å². The highest BCUT2D eigenvalue weighted by Crippen LogP contribution is 2.23. The molecule has 0 saturated carbocycles. The highest BCUT2D eigenvalue weighted by Gasteiger charge is 2.10. The normalized spacial score (nSPS) is 12.0. The maximum absolute atomic E-state index is 12.2. The van der Waals surface area contributed by atoms with E-state index in [1.807, 2.05) is 23.6 Å². The molecule has 0 bridgehead atoms. The fourth-order valence-corrected chi connectivity index (χ4v) is 3.52. The van der Waals surface area contributed by atoms with Crippen molar-refractivity contribution in [1.29, 1.82) is 0 Å². The highest BCUT2D eigenvalue weighted by atomic mass is 32.2. The van der Waals surface area contributed by atoms with Crippen LogP contribution in [0.5, 0.6) is 0 Å². The summed E-state index contributed by atoms with van der Waals surface area (Å²) >= 11 is 1.55. The number of nitrogens with one attached hydrogen (secondary N) is 1. The third-order valence-corrected chi connectivity index (χ3v) is 4.87. The number of hydrogen-bond acceptors (Lipinski definition) is 5. The molecule has 0 aliphatic heterocycles. The zero-order valence-corrected chi connectivity index (χ0v) is 14.7. The predicted octanol–water partition coefficient (Wildman–Crippen LogP) is 3.21. The SMILES string of the molecule is C[S@](=O)Cc1cccc(C(=O)NCc2coc(-c3cccs3)n2)c1. The summed E-state index contributed by atoms with van der Waals surface area (Å²) in [5.74, 6) is 0.801. The molecule has 1 N–H and O–H groups in total. The second kappa shape index (κ2) is 7.55. The molecule has 0 radical (unpaired) electrons. The van der Waals surface area contributed by atoms with Gasteiger partial charge in [0.2, 0.25) is 5.89 Å². The van der Waals surface area contributed by atoms with Gasteiger partial charge in [-0.1, -0.05) is 18.2 Å². The molecular weight excluding hydrogens is 344 g/mol. The number of carbonyl (C=O) groups is 1. The lowest BCUT2D eigenvalue weighted by molar-refractivity contribution is 0.0950. The number of hydrogen-bond donors (Lipinski definition) is 1. The minimum Gasteiger partial charge on any atom is -0.443 e. The van der Waals surface area contributed by atoms with E-state index >= 15 is 0 Å². The summed E-state index contributed by atoms with van der Waals surface area (Å²) in [6, 6.07) is 11.0. The van der Waals surface area contributed by atoms with Crippen LogP contribution >= 0.6 is 11.3 Å². The minimum atomic E-state index is -0.937. The molecule has 0 fully saturated rings. The maximum Gasteiger partial charge on any atom is 0.251 e. The van der Waals surface area contributed by atoms with Crippen LogP contribution in [0.1, 0.15) is 21.6 Å². The van der Waals surface area contributed by atoms with E-state index in [0.717, 1.165) is 10.4 Å². The van der Waals surface area contributed by atoms with Gasteiger partial charge in [-0.3, -0.25) is 9.00 Å². The molecule has 3 rings (SSSR count). The molecule has 124 valence electrons. The van der Waals surface area contributed by atoms with E-state index < -0.39 is 10.8 Å². The quantitative estimate of drug-likeness (QED) is 0.733. The van der Waals surface area contributed by atoms with Crippen LogP contribution < -0.4 is 5.32 Å². The third kappa shape index (κ3) is 4.18. The minimum absolute atomic E-state index is 0.195. The van der Waals surface area contributed by atoms with Crippen LogP contribution in [-0.2, 0) is 23.1 Å². The lowest BCUT2D eigenvalue weighted by atomic mass is 10.1. The van der Waals surface area contributed by atoms with Gasteiger partial charge in [0, 0.05) is 28.4 Å². The largest absolute Gasteiger partial charge is 0.443 e. The van der Waals surface area contributed by atoms with Crippen LogP contribution in [0.15, 0.2) is 52.5 Å². The maximum atomic E-state index is 12.2. The lowest BCUT2D eigenvalue weighted by Crippen LogP contribution is -2.23. The van der Waals surface area contributed by atoms with Crippen molar-refractivity contribution in [2.24, 2.45) is 0 Å². The summed E-state index contributed by atoms with van der Waals surface area (Å²) in [5, 5.41) is 4.78. The number of benzene rings is 1. The molecule has 0 spiro atoms. The number of carbonyl (C=O) groups excluding carboxylic acids is 1. The number of aromatic nitrogens is 1. The molecule has 0 aliphatic carbocycles. The first-order valence-corrected chi connectivity index (χ1v) is 9.88. The lowest BCUT2D eigenvalue weighted by Gasteiger charge is -2.05. The average Bonchev–Trinajstić information content (AvgIpc) is 3.23. The molecule has 5 nitrogen and oxygen atoms in total. The van der Waals surface area contributed by atoms with E-state index in [9.17, 15) is 9.00 Å². The molecule has 0 unspecified atom stereocenters. The molecule has 24 heavy (non-hydrogen) atoms.